The minimum atomic E-state index is -0.818. The van der Waals surface area contributed by atoms with Crippen molar-refractivity contribution in [2.75, 3.05) is 0 Å². The molecule has 0 spiro atoms. The lowest BCUT2D eigenvalue weighted by Gasteiger charge is -2.30. The van der Waals surface area contributed by atoms with Gasteiger partial charge in [-0.05, 0) is 30.9 Å². The molecule has 2 rings (SSSR count). The summed E-state index contributed by atoms with van der Waals surface area (Å²) in [7, 11) is 0. The number of hydrogen-bond donors (Lipinski definition) is 1. The molecule has 0 heterocycles. The Morgan fingerprint density at radius 1 is 1.33 bits per heavy atom. The van der Waals surface area contributed by atoms with Gasteiger partial charge in [-0.25, -0.2) is 4.79 Å². The van der Waals surface area contributed by atoms with Crippen molar-refractivity contribution in [3.63, 3.8) is 0 Å². The molecule has 2 atom stereocenters. The highest BCUT2D eigenvalue weighted by molar-refractivity contribution is 8.00. The minimum absolute atomic E-state index is 0.447. The van der Waals surface area contributed by atoms with Crippen LogP contribution in [0.5, 0.6) is 0 Å². The first-order chi connectivity index (χ1) is 8.72. The van der Waals surface area contributed by atoms with Gasteiger partial charge in [-0.15, -0.1) is 11.8 Å². The molecule has 1 aromatic rings. The fourth-order valence-corrected chi connectivity index (χ4v) is 4.28. The molecule has 2 unspecified atom stereocenters. The zero-order valence-electron chi connectivity index (χ0n) is 10.8. The standard InChI is InChI=1S/C15H20O2S/c1-2-11-7-3-5-9-13(11)18-14-10-6-4-8-12(14)15(16)17/h4,6,8,10-11,13H,2-3,5,7,9H2,1H3,(H,16,17). The van der Waals surface area contributed by atoms with Crippen LogP contribution < -0.4 is 0 Å². The van der Waals surface area contributed by atoms with Crippen LogP contribution in [-0.4, -0.2) is 16.3 Å². The zero-order chi connectivity index (χ0) is 13.0. The Bertz CT molecular complexity index is 417. The Labute approximate surface area is 113 Å². The van der Waals surface area contributed by atoms with E-state index in [2.05, 4.69) is 6.92 Å². The number of thioether (sulfide) groups is 1. The van der Waals surface area contributed by atoms with Gasteiger partial charge in [0, 0.05) is 10.1 Å². The highest BCUT2D eigenvalue weighted by Gasteiger charge is 2.25. The van der Waals surface area contributed by atoms with Gasteiger partial charge in [0.2, 0.25) is 0 Å². The van der Waals surface area contributed by atoms with Crippen molar-refractivity contribution in [2.45, 2.75) is 49.2 Å². The van der Waals surface area contributed by atoms with Gasteiger partial charge in [-0.1, -0.05) is 38.3 Å². The molecular formula is C15H20O2S. The zero-order valence-corrected chi connectivity index (χ0v) is 11.6. The molecule has 0 aromatic heterocycles. The van der Waals surface area contributed by atoms with Crippen LogP contribution in [0.1, 0.15) is 49.4 Å². The molecule has 18 heavy (non-hydrogen) atoms. The molecule has 1 saturated carbocycles. The lowest BCUT2D eigenvalue weighted by atomic mass is 9.87. The highest BCUT2D eigenvalue weighted by Crippen LogP contribution is 2.39. The number of benzene rings is 1. The maximum atomic E-state index is 11.2. The fraction of sp³-hybridized carbons (Fsp3) is 0.533. The van der Waals surface area contributed by atoms with Crippen LogP contribution in [0.2, 0.25) is 0 Å². The maximum absolute atomic E-state index is 11.2. The van der Waals surface area contributed by atoms with E-state index < -0.39 is 5.97 Å². The Morgan fingerprint density at radius 2 is 2.06 bits per heavy atom. The lowest BCUT2D eigenvalue weighted by molar-refractivity contribution is 0.0693. The second-order valence-electron chi connectivity index (χ2n) is 4.91. The van der Waals surface area contributed by atoms with Crippen molar-refractivity contribution in [1.29, 1.82) is 0 Å². The van der Waals surface area contributed by atoms with Crippen molar-refractivity contribution in [3.8, 4) is 0 Å². The molecular weight excluding hydrogens is 244 g/mol. The first-order valence-electron chi connectivity index (χ1n) is 6.71. The first-order valence-corrected chi connectivity index (χ1v) is 7.59. The molecule has 1 aromatic carbocycles. The summed E-state index contributed by atoms with van der Waals surface area (Å²) in [6.07, 6.45) is 6.33. The van der Waals surface area contributed by atoms with Crippen LogP contribution in [0, 0.1) is 5.92 Å². The molecule has 3 heteroatoms. The Balaban J connectivity index is 2.15. The van der Waals surface area contributed by atoms with Crippen molar-refractivity contribution < 1.29 is 9.90 Å². The molecule has 1 N–H and O–H groups in total. The summed E-state index contributed by atoms with van der Waals surface area (Å²) in [5.74, 6) is -0.0763. The number of carboxylic acids is 1. The van der Waals surface area contributed by atoms with Gasteiger partial charge in [0.25, 0.3) is 0 Å². The van der Waals surface area contributed by atoms with Crippen LogP contribution in [0.15, 0.2) is 29.2 Å². The monoisotopic (exact) mass is 264 g/mol. The molecule has 0 amide bonds. The van der Waals surface area contributed by atoms with Gasteiger partial charge in [0.05, 0.1) is 5.56 Å². The Morgan fingerprint density at radius 3 is 2.78 bits per heavy atom. The molecule has 1 aliphatic carbocycles. The van der Waals surface area contributed by atoms with Crippen LogP contribution >= 0.6 is 11.8 Å². The second-order valence-corrected chi connectivity index (χ2v) is 6.19. The Hall–Kier alpha value is -0.960. The average molecular weight is 264 g/mol. The number of carboxylic acid groups (broad SMARTS) is 1. The lowest BCUT2D eigenvalue weighted by Crippen LogP contribution is -2.21. The van der Waals surface area contributed by atoms with E-state index in [-0.39, 0.29) is 0 Å². The van der Waals surface area contributed by atoms with E-state index in [0.29, 0.717) is 10.8 Å². The molecule has 1 aliphatic rings. The third-order valence-electron chi connectivity index (χ3n) is 3.76. The average Bonchev–Trinajstić information content (AvgIpc) is 2.40. The van der Waals surface area contributed by atoms with E-state index >= 15 is 0 Å². The van der Waals surface area contributed by atoms with Gasteiger partial charge in [0.1, 0.15) is 0 Å². The van der Waals surface area contributed by atoms with Gasteiger partial charge in [-0.3, -0.25) is 0 Å². The van der Waals surface area contributed by atoms with E-state index in [0.717, 1.165) is 10.8 Å². The summed E-state index contributed by atoms with van der Waals surface area (Å²) in [6.45, 7) is 2.24. The van der Waals surface area contributed by atoms with Crippen LogP contribution in [0.3, 0.4) is 0 Å². The van der Waals surface area contributed by atoms with Crippen LogP contribution in [0.4, 0.5) is 0 Å². The van der Waals surface area contributed by atoms with Gasteiger partial charge in [-0.2, -0.15) is 0 Å². The molecule has 0 radical (unpaired) electrons. The third-order valence-corrected chi connectivity index (χ3v) is 5.29. The smallest absolute Gasteiger partial charge is 0.336 e. The van der Waals surface area contributed by atoms with E-state index in [1.807, 2.05) is 12.1 Å². The number of carbonyl (C=O) groups is 1. The molecule has 1 fully saturated rings. The summed E-state index contributed by atoms with van der Waals surface area (Å²) in [5, 5.41) is 9.79. The van der Waals surface area contributed by atoms with Gasteiger partial charge < -0.3 is 5.11 Å². The van der Waals surface area contributed by atoms with E-state index in [1.54, 1.807) is 23.9 Å². The molecule has 2 nitrogen and oxygen atoms in total. The topological polar surface area (TPSA) is 37.3 Å². The molecule has 98 valence electrons. The van der Waals surface area contributed by atoms with Crippen molar-refractivity contribution in [1.82, 2.24) is 0 Å². The number of hydrogen-bond acceptors (Lipinski definition) is 2. The second kappa shape index (κ2) is 6.28. The summed E-state index contributed by atoms with van der Waals surface area (Å²) in [5.41, 5.74) is 0.447. The maximum Gasteiger partial charge on any atom is 0.336 e. The van der Waals surface area contributed by atoms with Crippen molar-refractivity contribution in [3.05, 3.63) is 29.8 Å². The molecule has 0 bridgehead atoms. The van der Waals surface area contributed by atoms with E-state index in [9.17, 15) is 9.90 Å². The summed E-state index contributed by atoms with van der Waals surface area (Å²) >= 11 is 1.77. The number of aromatic carboxylic acids is 1. The Kier molecular flexibility index (Phi) is 4.70. The van der Waals surface area contributed by atoms with Crippen molar-refractivity contribution >= 4 is 17.7 Å². The van der Waals surface area contributed by atoms with E-state index in [1.165, 1.54) is 32.1 Å². The largest absolute Gasteiger partial charge is 0.478 e. The van der Waals surface area contributed by atoms with Gasteiger partial charge >= 0.3 is 5.97 Å². The highest BCUT2D eigenvalue weighted by atomic mass is 32.2. The molecule has 0 aliphatic heterocycles. The summed E-state index contributed by atoms with van der Waals surface area (Å²) in [4.78, 5) is 12.1. The van der Waals surface area contributed by atoms with Crippen LogP contribution in [-0.2, 0) is 0 Å². The molecule has 0 saturated heterocycles. The van der Waals surface area contributed by atoms with Gasteiger partial charge in [0.15, 0.2) is 0 Å². The first kappa shape index (κ1) is 13.5. The third kappa shape index (κ3) is 3.08. The van der Waals surface area contributed by atoms with E-state index in [4.69, 9.17) is 0 Å². The predicted octanol–water partition coefficient (Wildman–Crippen LogP) is 4.45. The SMILES string of the molecule is CCC1CCCCC1Sc1ccccc1C(=O)O. The summed E-state index contributed by atoms with van der Waals surface area (Å²) in [6, 6.07) is 7.37. The summed E-state index contributed by atoms with van der Waals surface area (Å²) < 4.78 is 0. The normalized spacial score (nSPS) is 23.8. The predicted molar refractivity (Wildman–Crippen MR) is 75.3 cm³/mol. The number of rotatable bonds is 4. The van der Waals surface area contributed by atoms with Crippen LogP contribution in [0.25, 0.3) is 0 Å². The minimum Gasteiger partial charge on any atom is -0.478 e. The quantitative estimate of drug-likeness (QED) is 0.873. The van der Waals surface area contributed by atoms with Crippen molar-refractivity contribution in [2.24, 2.45) is 5.92 Å². The fourth-order valence-electron chi connectivity index (χ4n) is 2.70.